The first-order valence-corrected chi connectivity index (χ1v) is 8.32. The van der Waals surface area contributed by atoms with Gasteiger partial charge in [-0.25, -0.2) is 0 Å². The Balaban J connectivity index is 1.97. The number of hydrogen-bond donors (Lipinski definition) is 1. The minimum atomic E-state index is 0.124. The Morgan fingerprint density at radius 2 is 2.33 bits per heavy atom. The summed E-state index contributed by atoms with van der Waals surface area (Å²) < 4.78 is 1.89. The fourth-order valence-electron chi connectivity index (χ4n) is 3.09. The van der Waals surface area contributed by atoms with Crippen LogP contribution >= 0.6 is 11.3 Å². The second-order valence-electron chi connectivity index (χ2n) is 6.02. The average Bonchev–Trinajstić information content (AvgIpc) is 3.13. The van der Waals surface area contributed by atoms with Crippen molar-refractivity contribution in [3.05, 3.63) is 16.6 Å². The maximum atomic E-state index is 12.7. The molecule has 1 fully saturated rings. The fourth-order valence-corrected chi connectivity index (χ4v) is 4.12. The van der Waals surface area contributed by atoms with Crippen LogP contribution in [0.3, 0.4) is 0 Å². The Labute approximate surface area is 128 Å². The summed E-state index contributed by atoms with van der Waals surface area (Å²) in [6.07, 6.45) is 2.07. The zero-order valence-corrected chi connectivity index (χ0v) is 13.6. The Morgan fingerprint density at radius 1 is 1.57 bits per heavy atom. The second kappa shape index (κ2) is 5.42. The summed E-state index contributed by atoms with van der Waals surface area (Å²) in [4.78, 5) is 16.5. The molecule has 2 aromatic rings. The lowest BCUT2D eigenvalue weighted by atomic mass is 10.1. The van der Waals surface area contributed by atoms with Crippen molar-refractivity contribution in [3.63, 3.8) is 0 Å². The second-order valence-corrected chi connectivity index (χ2v) is 7.05. The highest BCUT2D eigenvalue weighted by Gasteiger charge is 2.30. The number of nitrogens with zero attached hydrogens (tertiary/aromatic N) is 3. The molecular weight excluding hydrogens is 284 g/mol. The number of amides is 1. The molecule has 1 amide bonds. The minimum Gasteiger partial charge on any atom is -0.334 e. The molecule has 3 rings (SSSR count). The lowest BCUT2D eigenvalue weighted by Gasteiger charge is -2.22. The van der Waals surface area contributed by atoms with Gasteiger partial charge in [-0.05, 0) is 24.8 Å². The summed E-state index contributed by atoms with van der Waals surface area (Å²) in [5.74, 6) is 0.480. The molecule has 0 aromatic carbocycles. The van der Waals surface area contributed by atoms with Gasteiger partial charge in [-0.1, -0.05) is 13.8 Å². The van der Waals surface area contributed by atoms with Crippen LogP contribution in [0, 0.1) is 0 Å². The highest BCUT2D eigenvalue weighted by molar-refractivity contribution is 7.20. The van der Waals surface area contributed by atoms with E-state index in [9.17, 15) is 4.79 Å². The molecule has 0 aliphatic carbocycles. The molecule has 1 aliphatic rings. The smallest absolute Gasteiger partial charge is 0.264 e. The normalized spacial score (nSPS) is 19.1. The van der Waals surface area contributed by atoms with Crippen LogP contribution in [0.1, 0.15) is 48.0 Å². The summed E-state index contributed by atoms with van der Waals surface area (Å²) in [7, 11) is 1.94. The standard InChI is InChI=1S/C15H22N4OS/c1-9(2)13-11-7-12(21-15(11)18(3)17-13)14(20)19-6-4-5-10(19)8-16/h7,9-10H,4-6,8,16H2,1-3H3. The van der Waals surface area contributed by atoms with Crippen LogP contribution in [-0.4, -0.2) is 39.7 Å². The lowest BCUT2D eigenvalue weighted by molar-refractivity contribution is 0.0746. The molecule has 3 heterocycles. The number of likely N-dealkylation sites (tertiary alicyclic amines) is 1. The first-order valence-electron chi connectivity index (χ1n) is 7.50. The van der Waals surface area contributed by atoms with Crippen molar-refractivity contribution in [2.24, 2.45) is 12.8 Å². The Bertz CT molecular complexity index is 673. The van der Waals surface area contributed by atoms with Crippen LogP contribution in [0.2, 0.25) is 0 Å². The third-order valence-electron chi connectivity index (χ3n) is 4.21. The van der Waals surface area contributed by atoms with E-state index < -0.39 is 0 Å². The van der Waals surface area contributed by atoms with E-state index in [1.54, 1.807) is 0 Å². The first kappa shape index (κ1) is 14.5. The van der Waals surface area contributed by atoms with Crippen LogP contribution in [0.4, 0.5) is 0 Å². The van der Waals surface area contributed by atoms with Gasteiger partial charge in [0.2, 0.25) is 0 Å². The van der Waals surface area contributed by atoms with Crippen LogP contribution in [-0.2, 0) is 7.05 Å². The molecule has 1 aliphatic heterocycles. The van der Waals surface area contributed by atoms with E-state index in [1.165, 1.54) is 11.3 Å². The highest BCUT2D eigenvalue weighted by atomic mass is 32.1. The van der Waals surface area contributed by atoms with Crippen LogP contribution in [0.25, 0.3) is 10.2 Å². The summed E-state index contributed by atoms with van der Waals surface area (Å²) in [6, 6.07) is 2.21. The number of rotatable bonds is 3. The predicted octanol–water partition coefficient (Wildman–Crippen LogP) is 2.32. The molecule has 0 spiro atoms. The molecule has 1 unspecified atom stereocenters. The van der Waals surface area contributed by atoms with E-state index in [2.05, 4.69) is 18.9 Å². The molecule has 1 saturated heterocycles. The minimum absolute atomic E-state index is 0.124. The number of carbonyl (C=O) groups excluding carboxylic acids is 1. The van der Waals surface area contributed by atoms with Crippen molar-refractivity contribution < 1.29 is 4.79 Å². The SMILES string of the molecule is CC(C)c1nn(C)c2sc(C(=O)N3CCCC3CN)cc12. The molecule has 2 aromatic heterocycles. The van der Waals surface area contributed by atoms with Crippen LogP contribution in [0.15, 0.2) is 6.07 Å². The molecule has 2 N–H and O–H groups in total. The third kappa shape index (κ3) is 2.36. The molecule has 0 bridgehead atoms. The van der Waals surface area contributed by atoms with E-state index in [0.717, 1.165) is 40.2 Å². The summed E-state index contributed by atoms with van der Waals surface area (Å²) in [6.45, 7) is 5.64. The van der Waals surface area contributed by atoms with E-state index in [-0.39, 0.29) is 11.9 Å². The number of hydrogen-bond acceptors (Lipinski definition) is 4. The molecule has 0 radical (unpaired) electrons. The van der Waals surface area contributed by atoms with Gasteiger partial charge in [-0.15, -0.1) is 11.3 Å². The van der Waals surface area contributed by atoms with Gasteiger partial charge in [-0.3, -0.25) is 9.48 Å². The number of aromatic nitrogens is 2. The highest BCUT2D eigenvalue weighted by Crippen LogP contribution is 2.33. The topological polar surface area (TPSA) is 64.2 Å². The molecule has 1 atom stereocenters. The third-order valence-corrected chi connectivity index (χ3v) is 5.40. The van der Waals surface area contributed by atoms with E-state index >= 15 is 0 Å². The van der Waals surface area contributed by atoms with Gasteiger partial charge >= 0.3 is 0 Å². The predicted molar refractivity (Wildman–Crippen MR) is 85.8 cm³/mol. The van der Waals surface area contributed by atoms with Gasteiger partial charge < -0.3 is 10.6 Å². The van der Waals surface area contributed by atoms with Gasteiger partial charge in [0, 0.05) is 31.6 Å². The molecular formula is C15H22N4OS. The fraction of sp³-hybridized carbons (Fsp3) is 0.600. The number of nitrogens with two attached hydrogens (primary N) is 1. The molecule has 6 heteroatoms. The van der Waals surface area contributed by atoms with Gasteiger partial charge in [0.25, 0.3) is 5.91 Å². The van der Waals surface area contributed by atoms with Gasteiger partial charge in [0.1, 0.15) is 4.83 Å². The van der Waals surface area contributed by atoms with Gasteiger partial charge in [0.05, 0.1) is 10.6 Å². The Morgan fingerprint density at radius 3 is 3.00 bits per heavy atom. The number of carbonyl (C=O) groups is 1. The lowest BCUT2D eigenvalue weighted by Crippen LogP contribution is -2.39. The van der Waals surface area contributed by atoms with Crippen LogP contribution in [0.5, 0.6) is 0 Å². The summed E-state index contributed by atoms with van der Waals surface area (Å²) >= 11 is 1.54. The maximum Gasteiger partial charge on any atom is 0.264 e. The van der Waals surface area contributed by atoms with E-state index in [0.29, 0.717) is 12.5 Å². The largest absolute Gasteiger partial charge is 0.334 e. The first-order chi connectivity index (χ1) is 10.0. The molecule has 5 nitrogen and oxygen atoms in total. The average molecular weight is 306 g/mol. The Kier molecular flexibility index (Phi) is 3.75. The number of fused-ring (bicyclic) bond motifs is 1. The monoisotopic (exact) mass is 306 g/mol. The molecule has 21 heavy (non-hydrogen) atoms. The number of aryl methyl sites for hydroxylation is 1. The van der Waals surface area contributed by atoms with Gasteiger partial charge in [-0.2, -0.15) is 5.10 Å². The summed E-state index contributed by atoms with van der Waals surface area (Å²) in [5, 5.41) is 5.68. The Hall–Kier alpha value is -1.40. The van der Waals surface area contributed by atoms with Crippen molar-refractivity contribution in [3.8, 4) is 0 Å². The molecule has 114 valence electrons. The number of thiophene rings is 1. The zero-order valence-electron chi connectivity index (χ0n) is 12.8. The maximum absolute atomic E-state index is 12.7. The quantitative estimate of drug-likeness (QED) is 0.946. The van der Waals surface area contributed by atoms with Gasteiger partial charge in [0.15, 0.2) is 0 Å². The van der Waals surface area contributed by atoms with Crippen molar-refractivity contribution >= 4 is 27.5 Å². The van der Waals surface area contributed by atoms with Crippen molar-refractivity contribution in [1.82, 2.24) is 14.7 Å². The van der Waals surface area contributed by atoms with Crippen molar-refractivity contribution in [2.45, 2.75) is 38.6 Å². The van der Waals surface area contributed by atoms with Crippen LogP contribution < -0.4 is 5.73 Å². The molecule has 0 saturated carbocycles. The summed E-state index contributed by atoms with van der Waals surface area (Å²) in [5.41, 5.74) is 6.85. The zero-order chi connectivity index (χ0) is 15.1. The van der Waals surface area contributed by atoms with E-state index in [4.69, 9.17) is 5.73 Å². The van der Waals surface area contributed by atoms with E-state index in [1.807, 2.05) is 22.7 Å². The van der Waals surface area contributed by atoms with Crippen molar-refractivity contribution in [2.75, 3.05) is 13.1 Å². The van der Waals surface area contributed by atoms with Crippen molar-refractivity contribution in [1.29, 1.82) is 0 Å².